The average molecular weight is 560 g/mol. The van der Waals surface area contributed by atoms with Crippen molar-refractivity contribution in [3.63, 3.8) is 0 Å². The standard InChI is InChI=1S/C25H19F7N2O5/c1-12-7-15(13(2)33-17-6-4-3-5-14(17)21(36)39-22(37)24(27,28)29)20-16(8-12)18(35)9-19(38-20)34-10-23(26,11-34)25(30,31)32/h3-9,13,33H,10-11H2,1-2H3. The molecule has 1 unspecified atom stereocenters. The van der Waals surface area contributed by atoms with Crippen molar-refractivity contribution in [2.45, 2.75) is 37.9 Å². The molecule has 1 aliphatic rings. The Morgan fingerprint density at radius 3 is 2.33 bits per heavy atom. The number of ether oxygens (including phenoxy) is 1. The fraction of sp³-hybridized carbons (Fsp3) is 0.320. The maximum atomic E-state index is 14.1. The number of hydrogen-bond acceptors (Lipinski definition) is 7. The van der Waals surface area contributed by atoms with Crippen molar-refractivity contribution in [2.24, 2.45) is 0 Å². The Labute approximate surface area is 215 Å². The van der Waals surface area contributed by atoms with Crippen molar-refractivity contribution in [2.75, 3.05) is 23.3 Å². The molecule has 1 fully saturated rings. The third-order valence-electron chi connectivity index (χ3n) is 6.09. The second-order valence-corrected chi connectivity index (χ2v) is 9.09. The lowest BCUT2D eigenvalue weighted by atomic mass is 9.95. The van der Waals surface area contributed by atoms with Crippen LogP contribution < -0.4 is 15.6 Å². The molecular weight excluding hydrogens is 541 g/mol. The highest BCUT2D eigenvalue weighted by Crippen LogP contribution is 2.43. The molecule has 39 heavy (non-hydrogen) atoms. The summed E-state index contributed by atoms with van der Waals surface area (Å²) in [7, 11) is 0. The minimum Gasteiger partial charge on any atom is -0.440 e. The van der Waals surface area contributed by atoms with Gasteiger partial charge in [0.25, 0.3) is 0 Å². The molecule has 0 saturated carbocycles. The Hall–Kier alpha value is -4.10. The molecule has 1 saturated heterocycles. The summed E-state index contributed by atoms with van der Waals surface area (Å²) in [5.74, 6) is -4.53. The summed E-state index contributed by atoms with van der Waals surface area (Å²) in [6.07, 6.45) is -10.5. The fourth-order valence-corrected chi connectivity index (χ4v) is 4.09. The van der Waals surface area contributed by atoms with Gasteiger partial charge in [-0.1, -0.05) is 18.2 Å². The first kappa shape index (κ1) is 27.9. The average Bonchev–Trinajstić information content (AvgIpc) is 2.80. The van der Waals surface area contributed by atoms with Crippen LogP contribution in [0.5, 0.6) is 0 Å². The van der Waals surface area contributed by atoms with Gasteiger partial charge in [0, 0.05) is 17.3 Å². The molecule has 3 aromatic rings. The Bertz CT molecular complexity index is 1510. The molecule has 1 aliphatic heterocycles. The van der Waals surface area contributed by atoms with Crippen molar-refractivity contribution in [1.82, 2.24) is 0 Å². The van der Waals surface area contributed by atoms with Gasteiger partial charge in [-0.25, -0.2) is 14.0 Å². The molecule has 4 rings (SSSR count). The Kier molecular flexibility index (Phi) is 6.86. The molecular formula is C25H19F7N2O5. The first-order chi connectivity index (χ1) is 18.0. The number of anilines is 2. The summed E-state index contributed by atoms with van der Waals surface area (Å²) in [5, 5.41) is 2.97. The van der Waals surface area contributed by atoms with Crippen LogP contribution >= 0.6 is 0 Å². The largest absolute Gasteiger partial charge is 0.491 e. The van der Waals surface area contributed by atoms with E-state index < -0.39 is 60.1 Å². The fourth-order valence-electron chi connectivity index (χ4n) is 4.09. The molecule has 0 spiro atoms. The molecule has 0 bridgehead atoms. The summed E-state index contributed by atoms with van der Waals surface area (Å²) < 4.78 is 100. The van der Waals surface area contributed by atoms with Gasteiger partial charge < -0.3 is 19.4 Å². The lowest BCUT2D eigenvalue weighted by Gasteiger charge is -2.45. The number of fused-ring (bicyclic) bond motifs is 1. The highest BCUT2D eigenvalue weighted by molar-refractivity contribution is 6.02. The number of nitrogens with one attached hydrogen (secondary N) is 1. The molecule has 7 nitrogen and oxygen atoms in total. The zero-order valence-electron chi connectivity index (χ0n) is 20.2. The molecule has 0 aliphatic carbocycles. The van der Waals surface area contributed by atoms with Crippen LogP contribution in [0, 0.1) is 6.92 Å². The summed E-state index contributed by atoms with van der Waals surface area (Å²) in [6.45, 7) is 1.09. The zero-order chi connectivity index (χ0) is 28.9. The van der Waals surface area contributed by atoms with E-state index >= 15 is 0 Å². The molecule has 208 valence electrons. The summed E-state index contributed by atoms with van der Waals surface area (Å²) >= 11 is 0. The number of carbonyl (C=O) groups is 2. The van der Waals surface area contributed by atoms with Crippen LogP contribution in [0.3, 0.4) is 0 Å². The molecule has 0 amide bonds. The van der Waals surface area contributed by atoms with Crippen LogP contribution in [0.25, 0.3) is 11.0 Å². The van der Waals surface area contributed by atoms with Gasteiger partial charge in [-0.2, -0.15) is 26.3 Å². The lowest BCUT2D eigenvalue weighted by molar-refractivity contribution is -0.237. The Morgan fingerprint density at radius 2 is 1.72 bits per heavy atom. The lowest BCUT2D eigenvalue weighted by Crippen LogP contribution is -2.66. The molecule has 2 heterocycles. The number of hydrogen-bond donors (Lipinski definition) is 1. The number of carbonyl (C=O) groups excluding carboxylic acids is 2. The van der Waals surface area contributed by atoms with E-state index in [0.29, 0.717) is 11.1 Å². The van der Waals surface area contributed by atoms with Crippen LogP contribution in [0.2, 0.25) is 0 Å². The summed E-state index contributed by atoms with van der Waals surface area (Å²) in [5.41, 5.74) is -3.58. The van der Waals surface area contributed by atoms with Crippen molar-refractivity contribution < 1.29 is 49.5 Å². The van der Waals surface area contributed by atoms with Gasteiger partial charge in [0.15, 0.2) is 11.3 Å². The number of alkyl halides is 7. The maximum absolute atomic E-state index is 14.1. The van der Waals surface area contributed by atoms with Gasteiger partial charge in [0.2, 0.25) is 5.67 Å². The number of esters is 2. The Balaban J connectivity index is 1.67. The minimum absolute atomic E-state index is 0.0201. The zero-order valence-corrected chi connectivity index (χ0v) is 20.2. The highest BCUT2D eigenvalue weighted by Gasteiger charge is 2.63. The second kappa shape index (κ2) is 9.58. The third kappa shape index (κ3) is 5.40. The molecule has 1 atom stereocenters. The van der Waals surface area contributed by atoms with E-state index in [2.05, 4.69) is 10.1 Å². The van der Waals surface area contributed by atoms with E-state index in [1.807, 2.05) is 0 Å². The molecule has 14 heteroatoms. The predicted molar refractivity (Wildman–Crippen MR) is 124 cm³/mol. The predicted octanol–water partition coefficient (Wildman–Crippen LogP) is 5.61. The van der Waals surface area contributed by atoms with Crippen LogP contribution in [0.4, 0.5) is 42.3 Å². The van der Waals surface area contributed by atoms with E-state index in [9.17, 15) is 45.1 Å². The van der Waals surface area contributed by atoms with E-state index in [0.717, 1.165) is 17.0 Å². The molecule has 1 N–H and O–H groups in total. The van der Waals surface area contributed by atoms with Crippen molar-refractivity contribution >= 4 is 34.5 Å². The van der Waals surface area contributed by atoms with E-state index in [4.69, 9.17) is 4.42 Å². The number of rotatable bonds is 5. The van der Waals surface area contributed by atoms with Gasteiger partial charge >= 0.3 is 24.3 Å². The van der Waals surface area contributed by atoms with Gasteiger partial charge in [0.05, 0.1) is 30.1 Å². The molecule has 0 radical (unpaired) electrons. The van der Waals surface area contributed by atoms with E-state index in [-0.39, 0.29) is 22.5 Å². The molecule has 2 aromatic carbocycles. The topological polar surface area (TPSA) is 88.8 Å². The first-order valence-electron chi connectivity index (χ1n) is 11.3. The van der Waals surface area contributed by atoms with Gasteiger partial charge in [-0.05, 0) is 37.6 Å². The smallest absolute Gasteiger partial charge is 0.440 e. The summed E-state index contributed by atoms with van der Waals surface area (Å²) in [6, 6.07) is 8.48. The van der Waals surface area contributed by atoms with Crippen LogP contribution in [0.1, 0.15) is 34.5 Å². The van der Waals surface area contributed by atoms with Gasteiger partial charge in [0.1, 0.15) is 5.58 Å². The Morgan fingerprint density at radius 1 is 1.08 bits per heavy atom. The number of para-hydroxylation sites is 1. The second-order valence-electron chi connectivity index (χ2n) is 9.09. The number of nitrogens with zero attached hydrogens (tertiary/aromatic N) is 1. The van der Waals surface area contributed by atoms with Crippen LogP contribution in [-0.4, -0.2) is 43.0 Å². The monoisotopic (exact) mass is 560 g/mol. The van der Waals surface area contributed by atoms with E-state index in [1.54, 1.807) is 19.9 Å². The number of benzene rings is 2. The molecule has 1 aromatic heterocycles. The quantitative estimate of drug-likeness (QED) is 0.247. The number of aryl methyl sites for hydroxylation is 1. The van der Waals surface area contributed by atoms with Crippen molar-refractivity contribution in [1.29, 1.82) is 0 Å². The minimum atomic E-state index is -5.39. The van der Waals surface area contributed by atoms with Gasteiger partial charge in [-0.3, -0.25) is 4.79 Å². The normalized spacial score (nSPS) is 16.0. The summed E-state index contributed by atoms with van der Waals surface area (Å²) in [4.78, 5) is 37.1. The maximum Gasteiger partial charge on any atom is 0.491 e. The van der Waals surface area contributed by atoms with Crippen molar-refractivity contribution in [3.05, 3.63) is 69.4 Å². The highest BCUT2D eigenvalue weighted by atomic mass is 19.4. The van der Waals surface area contributed by atoms with Crippen molar-refractivity contribution in [3.8, 4) is 0 Å². The van der Waals surface area contributed by atoms with E-state index in [1.165, 1.54) is 24.3 Å². The third-order valence-corrected chi connectivity index (χ3v) is 6.09. The van der Waals surface area contributed by atoms with Crippen LogP contribution in [-0.2, 0) is 9.53 Å². The first-order valence-corrected chi connectivity index (χ1v) is 11.3. The number of halogens is 7. The van der Waals surface area contributed by atoms with Crippen LogP contribution in [0.15, 0.2) is 51.7 Å². The SMILES string of the molecule is Cc1cc(C(C)Nc2ccccc2C(=O)OC(=O)C(F)(F)F)c2oc(N3CC(F)(C(F)(F)F)C3)cc(=O)c2c1. The van der Waals surface area contributed by atoms with Gasteiger partial charge in [-0.15, -0.1) is 0 Å².